The van der Waals surface area contributed by atoms with Crippen LogP contribution in [0.25, 0.3) is 10.8 Å². The molecule has 0 unspecified atom stereocenters. The van der Waals surface area contributed by atoms with Crippen molar-refractivity contribution in [1.29, 1.82) is 0 Å². The fourth-order valence-electron chi connectivity index (χ4n) is 1.91. The Hall–Kier alpha value is -1.40. The SMILES string of the molecule is COc1ccsc1-c1nc(C2(N)CCC2)no1. The van der Waals surface area contributed by atoms with Crippen LogP contribution in [0.5, 0.6) is 5.75 Å². The smallest absolute Gasteiger partial charge is 0.271 e. The van der Waals surface area contributed by atoms with E-state index in [1.54, 1.807) is 7.11 Å². The number of aromatic nitrogens is 2. The zero-order chi connectivity index (χ0) is 11.9. The summed E-state index contributed by atoms with van der Waals surface area (Å²) in [4.78, 5) is 5.24. The van der Waals surface area contributed by atoms with E-state index >= 15 is 0 Å². The van der Waals surface area contributed by atoms with E-state index in [1.807, 2.05) is 11.4 Å². The molecule has 1 saturated carbocycles. The molecule has 0 aromatic carbocycles. The number of rotatable bonds is 3. The third-order valence-electron chi connectivity index (χ3n) is 3.16. The van der Waals surface area contributed by atoms with Crippen molar-refractivity contribution in [3.8, 4) is 16.5 Å². The summed E-state index contributed by atoms with van der Waals surface area (Å²) in [7, 11) is 1.62. The molecule has 3 rings (SSSR count). The number of thiophene rings is 1. The molecule has 2 heterocycles. The number of methoxy groups -OCH3 is 1. The maximum absolute atomic E-state index is 6.15. The Labute approximate surface area is 103 Å². The molecule has 0 radical (unpaired) electrons. The average molecular weight is 251 g/mol. The molecule has 0 atom stereocenters. The van der Waals surface area contributed by atoms with E-state index in [2.05, 4.69) is 10.1 Å². The van der Waals surface area contributed by atoms with Crippen LogP contribution in [0.2, 0.25) is 0 Å². The van der Waals surface area contributed by atoms with Gasteiger partial charge in [-0.3, -0.25) is 0 Å². The largest absolute Gasteiger partial charge is 0.495 e. The molecule has 0 spiro atoms. The molecule has 0 amide bonds. The summed E-state index contributed by atoms with van der Waals surface area (Å²) in [6.07, 6.45) is 2.98. The van der Waals surface area contributed by atoms with Crippen LogP contribution >= 0.6 is 11.3 Å². The van der Waals surface area contributed by atoms with E-state index in [0.717, 1.165) is 29.9 Å². The molecule has 2 N–H and O–H groups in total. The molecule has 1 aliphatic rings. The van der Waals surface area contributed by atoms with Crippen molar-refractivity contribution in [3.05, 3.63) is 17.3 Å². The van der Waals surface area contributed by atoms with Gasteiger partial charge in [0.25, 0.3) is 5.89 Å². The standard InChI is InChI=1S/C11H13N3O2S/c1-15-7-3-6-17-8(7)9-13-10(14-16-9)11(12)4-2-5-11/h3,6H,2,4-5,12H2,1H3. The summed E-state index contributed by atoms with van der Waals surface area (Å²) in [6, 6.07) is 1.88. The van der Waals surface area contributed by atoms with Crippen LogP contribution in [0.4, 0.5) is 0 Å². The summed E-state index contributed by atoms with van der Waals surface area (Å²) < 4.78 is 10.5. The monoisotopic (exact) mass is 251 g/mol. The van der Waals surface area contributed by atoms with Crippen molar-refractivity contribution in [1.82, 2.24) is 10.1 Å². The van der Waals surface area contributed by atoms with Gasteiger partial charge in [-0.05, 0) is 30.7 Å². The van der Waals surface area contributed by atoms with Crippen LogP contribution in [0.15, 0.2) is 16.0 Å². The molecule has 0 aliphatic heterocycles. The topological polar surface area (TPSA) is 74.2 Å². The van der Waals surface area contributed by atoms with E-state index in [1.165, 1.54) is 11.3 Å². The number of nitrogens with zero attached hydrogens (tertiary/aromatic N) is 2. The number of hydrogen-bond donors (Lipinski definition) is 1. The minimum Gasteiger partial charge on any atom is -0.495 e. The molecule has 2 aromatic rings. The van der Waals surface area contributed by atoms with Gasteiger partial charge in [0, 0.05) is 0 Å². The lowest BCUT2D eigenvalue weighted by atomic mass is 9.77. The highest BCUT2D eigenvalue weighted by Crippen LogP contribution is 2.39. The highest BCUT2D eigenvalue weighted by molar-refractivity contribution is 7.13. The van der Waals surface area contributed by atoms with Gasteiger partial charge in [0.05, 0.1) is 12.6 Å². The van der Waals surface area contributed by atoms with Crippen molar-refractivity contribution in [3.63, 3.8) is 0 Å². The second-order valence-corrected chi connectivity index (χ2v) is 5.17. The van der Waals surface area contributed by atoms with Crippen LogP contribution < -0.4 is 10.5 Å². The van der Waals surface area contributed by atoms with Gasteiger partial charge in [-0.15, -0.1) is 11.3 Å². The Kier molecular flexibility index (Phi) is 2.41. The molecule has 0 saturated heterocycles. The predicted molar refractivity (Wildman–Crippen MR) is 63.9 cm³/mol. The maximum atomic E-state index is 6.15. The van der Waals surface area contributed by atoms with Crippen LogP contribution in [-0.4, -0.2) is 17.3 Å². The predicted octanol–water partition coefficient (Wildman–Crippen LogP) is 2.14. The fraction of sp³-hybridized carbons (Fsp3) is 0.455. The Morgan fingerprint density at radius 2 is 2.35 bits per heavy atom. The van der Waals surface area contributed by atoms with Crippen LogP contribution in [-0.2, 0) is 5.54 Å². The van der Waals surface area contributed by atoms with E-state index in [9.17, 15) is 0 Å². The number of ether oxygens (including phenoxy) is 1. The highest BCUT2D eigenvalue weighted by atomic mass is 32.1. The van der Waals surface area contributed by atoms with Crippen molar-refractivity contribution in [2.45, 2.75) is 24.8 Å². The van der Waals surface area contributed by atoms with E-state index in [4.69, 9.17) is 15.0 Å². The van der Waals surface area contributed by atoms with Crippen LogP contribution in [0.3, 0.4) is 0 Å². The molecule has 0 bridgehead atoms. The van der Waals surface area contributed by atoms with Crippen LogP contribution in [0.1, 0.15) is 25.1 Å². The van der Waals surface area contributed by atoms with Crippen molar-refractivity contribution >= 4 is 11.3 Å². The Bertz CT molecular complexity index is 530. The lowest BCUT2D eigenvalue weighted by Crippen LogP contribution is -2.44. The van der Waals surface area contributed by atoms with Gasteiger partial charge in [-0.25, -0.2) is 0 Å². The van der Waals surface area contributed by atoms with Crippen molar-refractivity contribution < 1.29 is 9.26 Å². The van der Waals surface area contributed by atoms with Gasteiger partial charge in [0.1, 0.15) is 10.6 Å². The summed E-state index contributed by atoms with van der Waals surface area (Å²) >= 11 is 1.51. The van der Waals surface area contributed by atoms with Gasteiger partial charge in [0.2, 0.25) is 0 Å². The first-order chi connectivity index (χ1) is 8.23. The number of hydrogen-bond acceptors (Lipinski definition) is 6. The van der Waals surface area contributed by atoms with E-state index in [-0.39, 0.29) is 5.54 Å². The quantitative estimate of drug-likeness (QED) is 0.904. The third-order valence-corrected chi connectivity index (χ3v) is 4.04. The van der Waals surface area contributed by atoms with Gasteiger partial charge < -0.3 is 15.0 Å². The highest BCUT2D eigenvalue weighted by Gasteiger charge is 2.39. The first-order valence-corrected chi connectivity index (χ1v) is 6.36. The first-order valence-electron chi connectivity index (χ1n) is 5.48. The molecule has 90 valence electrons. The summed E-state index contributed by atoms with van der Waals surface area (Å²) in [5, 5.41) is 5.91. The van der Waals surface area contributed by atoms with Gasteiger partial charge >= 0.3 is 0 Å². The maximum Gasteiger partial charge on any atom is 0.271 e. The van der Waals surface area contributed by atoms with Gasteiger partial charge in [-0.2, -0.15) is 4.98 Å². The lowest BCUT2D eigenvalue weighted by molar-refractivity contribution is 0.229. The van der Waals surface area contributed by atoms with E-state index in [0.29, 0.717) is 11.7 Å². The Morgan fingerprint density at radius 3 is 3.00 bits per heavy atom. The van der Waals surface area contributed by atoms with Crippen LogP contribution in [0, 0.1) is 0 Å². The molecular formula is C11H13N3O2S. The zero-order valence-electron chi connectivity index (χ0n) is 9.47. The third kappa shape index (κ3) is 1.64. The first kappa shape index (κ1) is 10.7. The molecule has 2 aromatic heterocycles. The summed E-state index contributed by atoms with van der Waals surface area (Å²) in [6.45, 7) is 0. The summed E-state index contributed by atoms with van der Waals surface area (Å²) in [5.74, 6) is 1.85. The summed E-state index contributed by atoms with van der Waals surface area (Å²) in [5.41, 5.74) is 5.77. The van der Waals surface area contributed by atoms with Gasteiger partial charge in [0.15, 0.2) is 5.82 Å². The Morgan fingerprint density at radius 1 is 1.53 bits per heavy atom. The molecule has 1 fully saturated rings. The fourth-order valence-corrected chi connectivity index (χ4v) is 2.69. The van der Waals surface area contributed by atoms with E-state index < -0.39 is 0 Å². The van der Waals surface area contributed by atoms with Gasteiger partial charge in [-0.1, -0.05) is 5.16 Å². The molecule has 1 aliphatic carbocycles. The molecular weight excluding hydrogens is 238 g/mol. The molecule has 5 nitrogen and oxygen atoms in total. The second kappa shape index (κ2) is 3.82. The number of nitrogens with two attached hydrogens (primary N) is 1. The normalized spacial score (nSPS) is 17.8. The molecule has 6 heteroatoms. The second-order valence-electron chi connectivity index (χ2n) is 4.25. The zero-order valence-corrected chi connectivity index (χ0v) is 10.3. The van der Waals surface area contributed by atoms with Crippen molar-refractivity contribution in [2.75, 3.05) is 7.11 Å². The Balaban J connectivity index is 1.95. The minimum absolute atomic E-state index is 0.383. The lowest BCUT2D eigenvalue weighted by Gasteiger charge is -2.34. The minimum atomic E-state index is -0.383. The van der Waals surface area contributed by atoms with Crippen molar-refractivity contribution in [2.24, 2.45) is 5.73 Å². The molecule has 17 heavy (non-hydrogen) atoms. The average Bonchev–Trinajstić information content (AvgIpc) is 2.93.